The maximum absolute atomic E-state index is 8.78. The molecule has 0 aromatic rings. The first kappa shape index (κ1) is 12.0. The molecule has 1 rings (SSSR count). The summed E-state index contributed by atoms with van der Waals surface area (Å²) < 4.78 is 0. The second-order valence-electron chi connectivity index (χ2n) is 4.44. The summed E-state index contributed by atoms with van der Waals surface area (Å²) in [6.45, 7) is 7.95. The Labute approximate surface area is 87.5 Å². The summed E-state index contributed by atoms with van der Waals surface area (Å²) in [4.78, 5) is 2.42. The SMILES string of the molecule is CC(C)N(CCCO)CCNC1CC1. The zero-order valence-electron chi connectivity index (χ0n) is 9.50. The molecule has 1 saturated carbocycles. The predicted molar refractivity (Wildman–Crippen MR) is 59.4 cm³/mol. The Kier molecular flexibility index (Phi) is 5.45. The summed E-state index contributed by atoms with van der Waals surface area (Å²) in [5.41, 5.74) is 0. The molecular weight excluding hydrogens is 176 g/mol. The van der Waals surface area contributed by atoms with E-state index in [0.29, 0.717) is 12.6 Å². The standard InChI is InChI=1S/C11H24N2O/c1-10(2)13(7-3-9-14)8-6-12-11-4-5-11/h10-12,14H,3-9H2,1-2H3. The van der Waals surface area contributed by atoms with E-state index in [0.717, 1.165) is 32.1 Å². The number of hydrogen-bond donors (Lipinski definition) is 2. The lowest BCUT2D eigenvalue weighted by atomic mass is 10.3. The van der Waals surface area contributed by atoms with Crippen molar-refractivity contribution in [3.63, 3.8) is 0 Å². The molecule has 2 N–H and O–H groups in total. The van der Waals surface area contributed by atoms with Crippen LogP contribution in [0.15, 0.2) is 0 Å². The smallest absolute Gasteiger partial charge is 0.0443 e. The van der Waals surface area contributed by atoms with Crippen LogP contribution in [-0.2, 0) is 0 Å². The zero-order chi connectivity index (χ0) is 10.4. The lowest BCUT2D eigenvalue weighted by molar-refractivity contribution is 0.192. The van der Waals surface area contributed by atoms with Gasteiger partial charge in [-0.05, 0) is 33.1 Å². The molecule has 0 amide bonds. The fourth-order valence-corrected chi connectivity index (χ4v) is 1.60. The van der Waals surface area contributed by atoms with Crippen molar-refractivity contribution in [3.05, 3.63) is 0 Å². The number of rotatable bonds is 8. The predicted octanol–water partition coefficient (Wildman–Crippen LogP) is 0.831. The van der Waals surface area contributed by atoms with Crippen molar-refractivity contribution in [3.8, 4) is 0 Å². The third kappa shape index (κ3) is 4.94. The van der Waals surface area contributed by atoms with Gasteiger partial charge in [-0.3, -0.25) is 4.90 Å². The van der Waals surface area contributed by atoms with Gasteiger partial charge in [-0.1, -0.05) is 0 Å². The van der Waals surface area contributed by atoms with E-state index in [1.807, 2.05) is 0 Å². The van der Waals surface area contributed by atoms with Crippen LogP contribution in [0.25, 0.3) is 0 Å². The Morgan fingerprint density at radius 1 is 1.36 bits per heavy atom. The van der Waals surface area contributed by atoms with Crippen LogP contribution >= 0.6 is 0 Å². The second kappa shape index (κ2) is 6.38. The van der Waals surface area contributed by atoms with E-state index in [1.54, 1.807) is 0 Å². The van der Waals surface area contributed by atoms with Gasteiger partial charge in [-0.2, -0.15) is 0 Å². The van der Waals surface area contributed by atoms with Crippen LogP contribution in [0, 0.1) is 0 Å². The zero-order valence-corrected chi connectivity index (χ0v) is 9.50. The molecule has 0 heterocycles. The average molecular weight is 200 g/mol. The molecule has 14 heavy (non-hydrogen) atoms. The van der Waals surface area contributed by atoms with Gasteiger partial charge < -0.3 is 10.4 Å². The van der Waals surface area contributed by atoms with E-state index >= 15 is 0 Å². The van der Waals surface area contributed by atoms with Crippen molar-refractivity contribution >= 4 is 0 Å². The summed E-state index contributed by atoms with van der Waals surface area (Å²) in [7, 11) is 0. The molecular formula is C11H24N2O. The first-order valence-electron chi connectivity index (χ1n) is 5.82. The summed E-state index contributed by atoms with van der Waals surface area (Å²) in [5, 5.41) is 12.3. The molecule has 0 aromatic carbocycles. The Morgan fingerprint density at radius 3 is 2.57 bits per heavy atom. The molecule has 0 radical (unpaired) electrons. The molecule has 0 saturated heterocycles. The minimum atomic E-state index is 0.305. The van der Waals surface area contributed by atoms with Gasteiger partial charge in [0.25, 0.3) is 0 Å². The number of hydrogen-bond acceptors (Lipinski definition) is 3. The fourth-order valence-electron chi connectivity index (χ4n) is 1.60. The molecule has 3 nitrogen and oxygen atoms in total. The largest absolute Gasteiger partial charge is 0.396 e. The van der Waals surface area contributed by atoms with E-state index in [4.69, 9.17) is 5.11 Å². The summed E-state index contributed by atoms with van der Waals surface area (Å²) >= 11 is 0. The highest BCUT2D eigenvalue weighted by atomic mass is 16.3. The molecule has 0 unspecified atom stereocenters. The Morgan fingerprint density at radius 2 is 2.07 bits per heavy atom. The van der Waals surface area contributed by atoms with E-state index in [9.17, 15) is 0 Å². The van der Waals surface area contributed by atoms with Crippen molar-refractivity contribution in [2.45, 2.75) is 45.2 Å². The Balaban J connectivity index is 2.06. The molecule has 1 fully saturated rings. The van der Waals surface area contributed by atoms with Gasteiger partial charge in [-0.15, -0.1) is 0 Å². The Hall–Kier alpha value is -0.120. The van der Waals surface area contributed by atoms with Crippen molar-refractivity contribution in [1.82, 2.24) is 10.2 Å². The van der Waals surface area contributed by atoms with E-state index in [1.165, 1.54) is 12.8 Å². The third-order valence-electron chi connectivity index (χ3n) is 2.74. The van der Waals surface area contributed by atoms with E-state index in [2.05, 4.69) is 24.1 Å². The van der Waals surface area contributed by atoms with Gasteiger partial charge in [0.2, 0.25) is 0 Å². The highest BCUT2D eigenvalue weighted by molar-refractivity contribution is 4.81. The minimum Gasteiger partial charge on any atom is -0.396 e. The third-order valence-corrected chi connectivity index (χ3v) is 2.74. The first-order valence-corrected chi connectivity index (χ1v) is 5.82. The molecule has 0 atom stereocenters. The topological polar surface area (TPSA) is 35.5 Å². The summed E-state index contributed by atoms with van der Waals surface area (Å²) in [5.74, 6) is 0. The van der Waals surface area contributed by atoms with Gasteiger partial charge in [0, 0.05) is 38.3 Å². The van der Waals surface area contributed by atoms with Crippen LogP contribution in [0.5, 0.6) is 0 Å². The van der Waals surface area contributed by atoms with Crippen LogP contribution in [-0.4, -0.2) is 48.3 Å². The van der Waals surface area contributed by atoms with Crippen LogP contribution in [0.4, 0.5) is 0 Å². The maximum atomic E-state index is 8.78. The van der Waals surface area contributed by atoms with Crippen LogP contribution in [0.1, 0.15) is 33.1 Å². The monoisotopic (exact) mass is 200 g/mol. The highest BCUT2D eigenvalue weighted by Crippen LogP contribution is 2.18. The van der Waals surface area contributed by atoms with Gasteiger partial charge in [-0.25, -0.2) is 0 Å². The number of nitrogens with zero attached hydrogens (tertiary/aromatic N) is 1. The van der Waals surface area contributed by atoms with Gasteiger partial charge in [0.1, 0.15) is 0 Å². The molecule has 0 aromatic heterocycles. The van der Waals surface area contributed by atoms with Crippen LogP contribution in [0.2, 0.25) is 0 Å². The van der Waals surface area contributed by atoms with Crippen molar-refractivity contribution in [1.29, 1.82) is 0 Å². The van der Waals surface area contributed by atoms with E-state index < -0.39 is 0 Å². The van der Waals surface area contributed by atoms with Gasteiger partial charge in [0.15, 0.2) is 0 Å². The lowest BCUT2D eigenvalue weighted by Gasteiger charge is -2.26. The molecule has 84 valence electrons. The molecule has 0 aliphatic heterocycles. The average Bonchev–Trinajstić information content (AvgIpc) is 2.94. The van der Waals surface area contributed by atoms with Crippen molar-refractivity contribution in [2.24, 2.45) is 0 Å². The number of aliphatic hydroxyl groups excluding tert-OH is 1. The van der Waals surface area contributed by atoms with Crippen LogP contribution in [0.3, 0.4) is 0 Å². The maximum Gasteiger partial charge on any atom is 0.0443 e. The van der Waals surface area contributed by atoms with Crippen LogP contribution < -0.4 is 5.32 Å². The number of aliphatic hydroxyl groups is 1. The second-order valence-corrected chi connectivity index (χ2v) is 4.44. The molecule has 0 bridgehead atoms. The minimum absolute atomic E-state index is 0.305. The first-order chi connectivity index (χ1) is 6.74. The lowest BCUT2D eigenvalue weighted by Crippen LogP contribution is -2.38. The molecule has 1 aliphatic rings. The molecule has 3 heteroatoms. The quantitative estimate of drug-likeness (QED) is 0.609. The molecule has 0 spiro atoms. The van der Waals surface area contributed by atoms with E-state index in [-0.39, 0.29) is 0 Å². The number of nitrogens with one attached hydrogen (secondary N) is 1. The molecule has 1 aliphatic carbocycles. The van der Waals surface area contributed by atoms with Crippen molar-refractivity contribution in [2.75, 3.05) is 26.2 Å². The fraction of sp³-hybridized carbons (Fsp3) is 1.00. The summed E-state index contributed by atoms with van der Waals surface area (Å²) in [6.07, 6.45) is 3.61. The van der Waals surface area contributed by atoms with Gasteiger partial charge >= 0.3 is 0 Å². The Bertz CT molecular complexity index is 146. The van der Waals surface area contributed by atoms with Gasteiger partial charge in [0.05, 0.1) is 0 Å². The normalized spacial score (nSPS) is 16.9. The highest BCUT2D eigenvalue weighted by Gasteiger charge is 2.20. The van der Waals surface area contributed by atoms with Crippen molar-refractivity contribution < 1.29 is 5.11 Å². The summed E-state index contributed by atoms with van der Waals surface area (Å²) in [6, 6.07) is 1.39.